The highest BCUT2D eigenvalue weighted by molar-refractivity contribution is 7.92. The molecule has 0 aliphatic heterocycles. The lowest BCUT2D eigenvalue weighted by atomic mass is 10.2. The van der Waals surface area contributed by atoms with Crippen LogP contribution in [0.1, 0.15) is 15.9 Å². The zero-order chi connectivity index (χ0) is 20.0. The molecule has 2 aromatic carbocycles. The van der Waals surface area contributed by atoms with Crippen LogP contribution in [0.4, 0.5) is 5.69 Å². The van der Waals surface area contributed by atoms with Gasteiger partial charge in [0.1, 0.15) is 5.75 Å². The largest absolute Gasteiger partial charge is 0.482 e. The normalized spacial score (nSPS) is 10.8. The van der Waals surface area contributed by atoms with E-state index >= 15 is 0 Å². The summed E-state index contributed by atoms with van der Waals surface area (Å²) < 4.78 is 42.1. The molecule has 0 aromatic heterocycles. The standard InChI is InChI=1S/C18H19NO7S/c1-12-10-13(8-9-16(12)26-11-17(20)24-2)27(22,23)19-15-7-5-4-6-14(15)18(21)25-3/h4-10,19H,11H2,1-3H3. The van der Waals surface area contributed by atoms with Crippen molar-refractivity contribution in [3.05, 3.63) is 53.6 Å². The highest BCUT2D eigenvalue weighted by Gasteiger charge is 2.20. The molecule has 144 valence electrons. The molecular formula is C18H19NO7S. The maximum atomic E-state index is 12.7. The van der Waals surface area contributed by atoms with E-state index in [0.717, 1.165) is 0 Å². The van der Waals surface area contributed by atoms with Crippen molar-refractivity contribution in [1.29, 1.82) is 0 Å². The molecule has 0 fully saturated rings. The van der Waals surface area contributed by atoms with E-state index in [1.165, 1.54) is 44.6 Å². The first kappa shape index (κ1) is 20.2. The average Bonchev–Trinajstić information content (AvgIpc) is 2.66. The van der Waals surface area contributed by atoms with Gasteiger partial charge in [-0.2, -0.15) is 0 Å². The van der Waals surface area contributed by atoms with Crippen LogP contribution < -0.4 is 9.46 Å². The monoisotopic (exact) mass is 393 g/mol. The molecule has 2 aromatic rings. The smallest absolute Gasteiger partial charge is 0.343 e. The summed E-state index contributed by atoms with van der Waals surface area (Å²) in [6.45, 7) is 1.36. The minimum absolute atomic E-state index is 0.0231. The number of hydrogen-bond donors (Lipinski definition) is 1. The van der Waals surface area contributed by atoms with Crippen LogP contribution in [0.2, 0.25) is 0 Å². The molecule has 8 nitrogen and oxygen atoms in total. The molecule has 0 spiro atoms. The molecule has 27 heavy (non-hydrogen) atoms. The summed E-state index contributed by atoms with van der Waals surface area (Å²) in [6.07, 6.45) is 0. The quantitative estimate of drug-likeness (QED) is 0.718. The molecule has 2 rings (SSSR count). The molecule has 0 unspecified atom stereocenters. The number of hydrogen-bond acceptors (Lipinski definition) is 7. The fraction of sp³-hybridized carbons (Fsp3) is 0.222. The van der Waals surface area contributed by atoms with Crippen LogP contribution in [0.5, 0.6) is 5.75 Å². The Hall–Kier alpha value is -3.07. The van der Waals surface area contributed by atoms with Gasteiger partial charge in [0.05, 0.1) is 30.4 Å². The van der Waals surface area contributed by atoms with Gasteiger partial charge < -0.3 is 14.2 Å². The molecule has 0 radical (unpaired) electrons. The Morgan fingerprint density at radius 1 is 1.04 bits per heavy atom. The lowest BCUT2D eigenvalue weighted by Gasteiger charge is -2.13. The van der Waals surface area contributed by atoms with Crippen LogP contribution in [0.15, 0.2) is 47.4 Å². The van der Waals surface area contributed by atoms with Gasteiger partial charge in [-0.3, -0.25) is 4.72 Å². The molecule has 0 saturated heterocycles. The maximum absolute atomic E-state index is 12.7. The van der Waals surface area contributed by atoms with Gasteiger partial charge in [0, 0.05) is 0 Å². The molecule has 0 amide bonds. The molecule has 0 atom stereocenters. The van der Waals surface area contributed by atoms with Crippen LogP contribution >= 0.6 is 0 Å². The second-order valence-electron chi connectivity index (χ2n) is 5.43. The number of methoxy groups -OCH3 is 2. The van der Waals surface area contributed by atoms with Crippen molar-refractivity contribution in [3.63, 3.8) is 0 Å². The van der Waals surface area contributed by atoms with Crippen LogP contribution in [0.3, 0.4) is 0 Å². The number of benzene rings is 2. The predicted molar refractivity (Wildman–Crippen MR) is 97.3 cm³/mol. The number of rotatable bonds is 7. The van der Waals surface area contributed by atoms with E-state index in [-0.39, 0.29) is 22.8 Å². The lowest BCUT2D eigenvalue weighted by Crippen LogP contribution is -2.16. The Kier molecular flexibility index (Phi) is 6.40. The van der Waals surface area contributed by atoms with Gasteiger partial charge in [0.2, 0.25) is 0 Å². The van der Waals surface area contributed by atoms with E-state index in [9.17, 15) is 18.0 Å². The van der Waals surface area contributed by atoms with Gasteiger partial charge in [0.25, 0.3) is 10.0 Å². The van der Waals surface area contributed by atoms with Gasteiger partial charge >= 0.3 is 11.9 Å². The van der Waals surface area contributed by atoms with E-state index in [1.807, 2.05) is 0 Å². The van der Waals surface area contributed by atoms with Crippen molar-refractivity contribution in [2.45, 2.75) is 11.8 Å². The first-order chi connectivity index (χ1) is 12.8. The van der Waals surface area contributed by atoms with Gasteiger partial charge in [-0.05, 0) is 42.8 Å². The van der Waals surface area contributed by atoms with Gasteiger partial charge in [-0.15, -0.1) is 0 Å². The summed E-state index contributed by atoms with van der Waals surface area (Å²) in [6, 6.07) is 10.3. The van der Waals surface area contributed by atoms with Crippen LogP contribution in [-0.4, -0.2) is 41.2 Å². The zero-order valence-electron chi connectivity index (χ0n) is 15.0. The molecule has 0 heterocycles. The first-order valence-corrected chi connectivity index (χ1v) is 9.27. The maximum Gasteiger partial charge on any atom is 0.343 e. The number of nitrogens with one attached hydrogen (secondary N) is 1. The number of ether oxygens (including phenoxy) is 3. The van der Waals surface area contributed by atoms with E-state index in [4.69, 9.17) is 4.74 Å². The van der Waals surface area contributed by atoms with Crippen molar-refractivity contribution in [2.75, 3.05) is 25.5 Å². The minimum atomic E-state index is -3.96. The minimum Gasteiger partial charge on any atom is -0.482 e. The number of sulfonamides is 1. The van der Waals surface area contributed by atoms with Gasteiger partial charge in [-0.25, -0.2) is 18.0 Å². The van der Waals surface area contributed by atoms with Crippen LogP contribution in [-0.2, 0) is 24.3 Å². The number of para-hydroxylation sites is 1. The molecule has 1 N–H and O–H groups in total. The molecule has 9 heteroatoms. The molecular weight excluding hydrogens is 374 g/mol. The highest BCUT2D eigenvalue weighted by Crippen LogP contribution is 2.25. The molecule has 0 aliphatic rings. The third-order valence-corrected chi connectivity index (χ3v) is 4.97. The predicted octanol–water partition coefficient (Wildman–Crippen LogP) is 2.13. The topological polar surface area (TPSA) is 108 Å². The van der Waals surface area contributed by atoms with Crippen molar-refractivity contribution >= 4 is 27.6 Å². The summed E-state index contributed by atoms with van der Waals surface area (Å²) in [5, 5.41) is 0. The van der Waals surface area contributed by atoms with E-state index < -0.39 is 22.0 Å². The van der Waals surface area contributed by atoms with Crippen molar-refractivity contribution in [3.8, 4) is 5.75 Å². The number of aryl methyl sites for hydroxylation is 1. The number of carbonyl (C=O) groups excluding carboxylic acids is 2. The fourth-order valence-corrected chi connectivity index (χ4v) is 3.37. The second kappa shape index (κ2) is 8.54. The number of anilines is 1. The van der Waals surface area contributed by atoms with E-state index in [0.29, 0.717) is 11.3 Å². The Morgan fingerprint density at radius 3 is 2.37 bits per heavy atom. The first-order valence-electron chi connectivity index (χ1n) is 7.79. The van der Waals surface area contributed by atoms with Crippen LogP contribution in [0.25, 0.3) is 0 Å². The lowest BCUT2D eigenvalue weighted by molar-refractivity contribution is -0.142. The summed E-state index contributed by atoms with van der Waals surface area (Å²) >= 11 is 0. The van der Waals surface area contributed by atoms with Gasteiger partial charge in [-0.1, -0.05) is 12.1 Å². The Morgan fingerprint density at radius 2 is 1.74 bits per heavy atom. The molecule has 0 saturated carbocycles. The fourth-order valence-electron chi connectivity index (χ4n) is 2.21. The number of esters is 2. The van der Waals surface area contributed by atoms with E-state index in [1.54, 1.807) is 19.1 Å². The van der Waals surface area contributed by atoms with Crippen molar-refractivity contribution in [2.24, 2.45) is 0 Å². The van der Waals surface area contributed by atoms with E-state index in [2.05, 4.69) is 14.2 Å². The SMILES string of the molecule is COC(=O)COc1ccc(S(=O)(=O)Nc2ccccc2C(=O)OC)cc1C. The van der Waals surface area contributed by atoms with Crippen LogP contribution in [0, 0.1) is 6.92 Å². The molecule has 0 aliphatic carbocycles. The Bertz CT molecular complexity index is 954. The summed E-state index contributed by atoms with van der Waals surface area (Å²) in [5.41, 5.74) is 0.717. The summed E-state index contributed by atoms with van der Waals surface area (Å²) in [5.74, 6) is -0.850. The van der Waals surface area contributed by atoms with Crippen molar-refractivity contribution in [1.82, 2.24) is 0 Å². The Balaban J connectivity index is 2.26. The Labute approximate surface area is 157 Å². The zero-order valence-corrected chi connectivity index (χ0v) is 15.8. The summed E-state index contributed by atoms with van der Waals surface area (Å²) in [4.78, 5) is 22.9. The third-order valence-electron chi connectivity index (χ3n) is 3.61. The molecule has 0 bridgehead atoms. The average molecular weight is 393 g/mol. The van der Waals surface area contributed by atoms with Gasteiger partial charge in [0.15, 0.2) is 6.61 Å². The third kappa shape index (κ3) is 4.98. The summed E-state index contributed by atoms with van der Waals surface area (Å²) in [7, 11) is -1.50. The van der Waals surface area contributed by atoms with Crippen molar-refractivity contribution < 1.29 is 32.2 Å². The second-order valence-corrected chi connectivity index (χ2v) is 7.12. The highest BCUT2D eigenvalue weighted by atomic mass is 32.2. The number of carbonyl (C=O) groups is 2.